The van der Waals surface area contributed by atoms with Gasteiger partial charge in [0.05, 0.1) is 4.83 Å². The van der Waals surface area contributed by atoms with Crippen LogP contribution in [0.5, 0.6) is 0 Å². The zero-order valence-electron chi connectivity index (χ0n) is 11.6. The SMILES string of the molecule is Cc1ccc(Br)cc1C(Br)c1ccc2c(c1)C(=O)NCC2. The fraction of sp³-hybridized carbons (Fsp3) is 0.235. The number of hydrogen-bond donors (Lipinski definition) is 1. The van der Waals surface area contributed by atoms with Crippen molar-refractivity contribution in [1.29, 1.82) is 0 Å². The number of aryl methyl sites for hydroxylation is 1. The van der Waals surface area contributed by atoms with E-state index < -0.39 is 0 Å². The number of hydrogen-bond acceptors (Lipinski definition) is 1. The van der Waals surface area contributed by atoms with E-state index in [4.69, 9.17) is 0 Å². The van der Waals surface area contributed by atoms with Gasteiger partial charge in [0.2, 0.25) is 0 Å². The summed E-state index contributed by atoms with van der Waals surface area (Å²) in [4.78, 5) is 12.1. The van der Waals surface area contributed by atoms with Gasteiger partial charge in [0.25, 0.3) is 5.91 Å². The molecule has 0 aliphatic carbocycles. The van der Waals surface area contributed by atoms with Gasteiger partial charge >= 0.3 is 0 Å². The van der Waals surface area contributed by atoms with E-state index in [1.807, 2.05) is 12.1 Å². The lowest BCUT2D eigenvalue weighted by Gasteiger charge is -2.20. The zero-order valence-corrected chi connectivity index (χ0v) is 14.8. The first-order valence-electron chi connectivity index (χ1n) is 6.87. The molecular formula is C17H15Br2NO. The number of fused-ring (bicyclic) bond motifs is 1. The number of benzene rings is 2. The van der Waals surface area contributed by atoms with Crippen molar-refractivity contribution in [2.24, 2.45) is 0 Å². The molecule has 0 fully saturated rings. The number of carbonyl (C=O) groups excluding carboxylic acids is 1. The largest absolute Gasteiger partial charge is 0.352 e. The molecule has 0 spiro atoms. The van der Waals surface area contributed by atoms with Gasteiger partial charge in [-0.05, 0) is 53.8 Å². The lowest BCUT2D eigenvalue weighted by atomic mass is 9.94. The second-order valence-electron chi connectivity index (χ2n) is 5.29. The molecule has 2 aromatic carbocycles. The van der Waals surface area contributed by atoms with Crippen molar-refractivity contribution in [1.82, 2.24) is 5.32 Å². The summed E-state index contributed by atoms with van der Waals surface area (Å²) in [6.07, 6.45) is 0.907. The van der Waals surface area contributed by atoms with Crippen LogP contribution in [0, 0.1) is 6.92 Å². The van der Waals surface area contributed by atoms with E-state index in [1.54, 1.807) is 0 Å². The molecule has 1 heterocycles. The molecule has 1 amide bonds. The van der Waals surface area contributed by atoms with Gasteiger partial charge < -0.3 is 5.32 Å². The van der Waals surface area contributed by atoms with Crippen LogP contribution in [0.3, 0.4) is 0 Å². The average molecular weight is 409 g/mol. The first-order valence-corrected chi connectivity index (χ1v) is 8.58. The van der Waals surface area contributed by atoms with Crippen LogP contribution >= 0.6 is 31.9 Å². The maximum atomic E-state index is 12.0. The minimum atomic E-state index is 0.0313. The van der Waals surface area contributed by atoms with Crippen LogP contribution < -0.4 is 5.32 Å². The average Bonchev–Trinajstić information content (AvgIpc) is 2.49. The Kier molecular flexibility index (Phi) is 4.18. The minimum absolute atomic E-state index is 0.0313. The summed E-state index contributed by atoms with van der Waals surface area (Å²) >= 11 is 7.30. The Bertz CT molecular complexity index is 712. The highest BCUT2D eigenvalue weighted by Crippen LogP contribution is 2.35. The Morgan fingerprint density at radius 2 is 2.00 bits per heavy atom. The quantitative estimate of drug-likeness (QED) is 0.726. The van der Waals surface area contributed by atoms with Gasteiger partial charge in [0, 0.05) is 16.6 Å². The molecule has 0 saturated heterocycles. The molecule has 2 aromatic rings. The molecule has 1 unspecified atom stereocenters. The van der Waals surface area contributed by atoms with Gasteiger partial charge in [0.1, 0.15) is 0 Å². The summed E-state index contributed by atoms with van der Waals surface area (Å²) in [5.74, 6) is 0.0313. The summed E-state index contributed by atoms with van der Waals surface area (Å²) in [5, 5.41) is 2.90. The highest BCUT2D eigenvalue weighted by Gasteiger charge is 2.20. The lowest BCUT2D eigenvalue weighted by Crippen LogP contribution is -2.31. The predicted molar refractivity (Wildman–Crippen MR) is 92.1 cm³/mol. The van der Waals surface area contributed by atoms with E-state index in [1.165, 1.54) is 11.1 Å². The first kappa shape index (κ1) is 14.8. The third-order valence-corrected chi connectivity index (χ3v) is 5.38. The van der Waals surface area contributed by atoms with E-state index in [-0.39, 0.29) is 10.7 Å². The second kappa shape index (κ2) is 5.93. The van der Waals surface area contributed by atoms with Crippen LogP contribution in [0.15, 0.2) is 40.9 Å². The summed E-state index contributed by atoms with van der Waals surface area (Å²) in [6.45, 7) is 2.83. The van der Waals surface area contributed by atoms with E-state index >= 15 is 0 Å². The molecule has 4 heteroatoms. The predicted octanol–water partition coefficient (Wildman–Crippen LogP) is 4.53. The number of carbonyl (C=O) groups is 1. The Morgan fingerprint density at radius 3 is 2.81 bits per heavy atom. The molecule has 1 aliphatic heterocycles. The molecule has 0 saturated carbocycles. The second-order valence-corrected chi connectivity index (χ2v) is 7.12. The Labute approximate surface area is 141 Å². The normalized spacial score (nSPS) is 15.3. The van der Waals surface area contributed by atoms with Crippen LogP contribution in [0.25, 0.3) is 0 Å². The summed E-state index contributed by atoms with van der Waals surface area (Å²) in [5.41, 5.74) is 5.47. The van der Waals surface area contributed by atoms with Crippen LogP contribution in [0.4, 0.5) is 0 Å². The number of amides is 1. The van der Waals surface area contributed by atoms with Crippen molar-refractivity contribution < 1.29 is 4.79 Å². The van der Waals surface area contributed by atoms with Crippen molar-refractivity contribution in [3.05, 3.63) is 68.7 Å². The molecule has 0 radical (unpaired) electrons. The third kappa shape index (κ3) is 2.92. The van der Waals surface area contributed by atoms with Gasteiger partial charge in [-0.3, -0.25) is 4.79 Å². The molecule has 0 aromatic heterocycles. The molecule has 3 rings (SSSR count). The smallest absolute Gasteiger partial charge is 0.251 e. The van der Waals surface area contributed by atoms with E-state index in [9.17, 15) is 4.79 Å². The van der Waals surface area contributed by atoms with Crippen molar-refractivity contribution in [3.8, 4) is 0 Å². The van der Waals surface area contributed by atoms with Crippen molar-refractivity contribution in [3.63, 3.8) is 0 Å². The summed E-state index contributed by atoms with van der Waals surface area (Å²) in [7, 11) is 0. The van der Waals surface area contributed by atoms with E-state index in [0.29, 0.717) is 0 Å². The van der Waals surface area contributed by atoms with Crippen molar-refractivity contribution in [2.75, 3.05) is 6.54 Å². The standard InChI is InChI=1S/C17H15Br2NO/c1-10-2-5-13(18)9-14(10)16(19)12-4-3-11-6-7-20-17(21)15(11)8-12/h2-5,8-9,16H,6-7H2,1H3,(H,20,21). The van der Waals surface area contributed by atoms with Gasteiger partial charge in [-0.15, -0.1) is 0 Å². The Morgan fingerprint density at radius 1 is 1.19 bits per heavy atom. The van der Waals surface area contributed by atoms with Crippen LogP contribution in [0.1, 0.15) is 37.4 Å². The molecule has 0 bridgehead atoms. The number of alkyl halides is 1. The zero-order chi connectivity index (χ0) is 15.0. The topological polar surface area (TPSA) is 29.1 Å². The number of rotatable bonds is 2. The fourth-order valence-corrected chi connectivity index (χ4v) is 3.81. The third-order valence-electron chi connectivity index (χ3n) is 3.87. The van der Waals surface area contributed by atoms with Gasteiger partial charge in [-0.25, -0.2) is 0 Å². The summed E-state index contributed by atoms with van der Waals surface area (Å²) in [6, 6.07) is 12.4. The van der Waals surface area contributed by atoms with Gasteiger partial charge in [0.15, 0.2) is 0 Å². The van der Waals surface area contributed by atoms with Crippen LogP contribution in [-0.4, -0.2) is 12.5 Å². The monoisotopic (exact) mass is 407 g/mol. The lowest BCUT2D eigenvalue weighted by molar-refractivity contribution is 0.0946. The Hall–Kier alpha value is -1.13. The van der Waals surface area contributed by atoms with Crippen molar-refractivity contribution >= 4 is 37.8 Å². The highest BCUT2D eigenvalue weighted by atomic mass is 79.9. The molecule has 1 atom stereocenters. The molecule has 1 aliphatic rings. The van der Waals surface area contributed by atoms with Gasteiger partial charge in [-0.2, -0.15) is 0 Å². The molecule has 108 valence electrons. The Balaban J connectivity index is 2.02. The summed E-state index contributed by atoms with van der Waals surface area (Å²) < 4.78 is 1.06. The highest BCUT2D eigenvalue weighted by molar-refractivity contribution is 9.10. The molecular weight excluding hydrogens is 394 g/mol. The molecule has 21 heavy (non-hydrogen) atoms. The fourth-order valence-electron chi connectivity index (χ4n) is 2.65. The molecule has 2 nitrogen and oxygen atoms in total. The van der Waals surface area contributed by atoms with Crippen LogP contribution in [0.2, 0.25) is 0 Å². The van der Waals surface area contributed by atoms with E-state index in [0.717, 1.165) is 34.1 Å². The van der Waals surface area contributed by atoms with Crippen LogP contribution in [-0.2, 0) is 6.42 Å². The minimum Gasteiger partial charge on any atom is -0.352 e. The van der Waals surface area contributed by atoms with Crippen molar-refractivity contribution in [2.45, 2.75) is 18.2 Å². The molecule has 1 N–H and O–H groups in total. The van der Waals surface area contributed by atoms with E-state index in [2.05, 4.69) is 68.4 Å². The first-order chi connectivity index (χ1) is 10.1. The van der Waals surface area contributed by atoms with Gasteiger partial charge in [-0.1, -0.05) is 50.1 Å². The number of halogens is 2. The maximum absolute atomic E-state index is 12.0. The maximum Gasteiger partial charge on any atom is 0.251 e. The number of nitrogens with one attached hydrogen (secondary N) is 1.